The van der Waals surface area contributed by atoms with Crippen LogP contribution in [-0.4, -0.2) is 7.11 Å². The molecule has 0 fully saturated rings. The third-order valence-electron chi connectivity index (χ3n) is 2.90. The predicted molar refractivity (Wildman–Crippen MR) is 71.8 cm³/mol. The Labute approximate surface area is 111 Å². The van der Waals surface area contributed by atoms with Crippen LogP contribution in [0, 0.1) is 12.7 Å². The number of alkyl halides is 1. The van der Waals surface area contributed by atoms with Gasteiger partial charge in [-0.3, -0.25) is 0 Å². The first-order valence-corrected chi connectivity index (χ1v) is 6.09. The summed E-state index contributed by atoms with van der Waals surface area (Å²) in [5.41, 5.74) is 2.29. The van der Waals surface area contributed by atoms with Crippen molar-refractivity contribution in [2.24, 2.45) is 0 Å². The van der Waals surface area contributed by atoms with Gasteiger partial charge in [-0.05, 0) is 41.8 Å². The van der Waals surface area contributed by atoms with E-state index >= 15 is 0 Å². The van der Waals surface area contributed by atoms with Gasteiger partial charge in [0.25, 0.3) is 0 Å². The molecule has 1 atom stereocenters. The van der Waals surface area contributed by atoms with Gasteiger partial charge in [0.05, 0.1) is 12.5 Å². The first-order valence-electron chi connectivity index (χ1n) is 5.66. The molecule has 0 aromatic heterocycles. The van der Waals surface area contributed by atoms with E-state index in [1.54, 1.807) is 20.1 Å². The Hall–Kier alpha value is -1.54. The number of methoxy groups -OCH3 is 1. The Morgan fingerprint density at radius 3 is 2.22 bits per heavy atom. The van der Waals surface area contributed by atoms with E-state index in [4.69, 9.17) is 16.3 Å². The Balaban J connectivity index is 2.28. The molecule has 0 radical (unpaired) electrons. The number of aryl methyl sites for hydroxylation is 1. The fourth-order valence-electron chi connectivity index (χ4n) is 1.73. The largest absolute Gasteiger partial charge is 0.497 e. The van der Waals surface area contributed by atoms with Crippen LogP contribution in [0.2, 0.25) is 0 Å². The van der Waals surface area contributed by atoms with E-state index in [0.29, 0.717) is 5.56 Å². The van der Waals surface area contributed by atoms with Crippen LogP contribution in [0.5, 0.6) is 5.75 Å². The van der Waals surface area contributed by atoms with Gasteiger partial charge in [0.15, 0.2) is 0 Å². The molecule has 3 heteroatoms. The van der Waals surface area contributed by atoms with Crippen LogP contribution in [-0.2, 0) is 0 Å². The van der Waals surface area contributed by atoms with Crippen molar-refractivity contribution in [3.05, 3.63) is 65.0 Å². The molecule has 0 saturated heterocycles. The fraction of sp³-hybridized carbons (Fsp3) is 0.200. The van der Waals surface area contributed by atoms with Gasteiger partial charge >= 0.3 is 0 Å². The number of halogens is 2. The normalized spacial score (nSPS) is 12.2. The minimum absolute atomic E-state index is 0.230. The van der Waals surface area contributed by atoms with Crippen molar-refractivity contribution in [2.45, 2.75) is 12.3 Å². The zero-order chi connectivity index (χ0) is 13.1. The Bertz CT molecular complexity index is 537. The lowest BCUT2D eigenvalue weighted by molar-refractivity contribution is 0.414. The number of hydrogen-bond acceptors (Lipinski definition) is 1. The van der Waals surface area contributed by atoms with Crippen molar-refractivity contribution in [2.75, 3.05) is 7.11 Å². The van der Waals surface area contributed by atoms with Gasteiger partial charge in [-0.15, -0.1) is 11.6 Å². The highest BCUT2D eigenvalue weighted by atomic mass is 35.5. The first kappa shape index (κ1) is 12.9. The van der Waals surface area contributed by atoms with Crippen LogP contribution >= 0.6 is 11.6 Å². The molecule has 0 heterocycles. The molecule has 1 unspecified atom stereocenters. The molecule has 1 nitrogen and oxygen atoms in total. The quantitative estimate of drug-likeness (QED) is 0.743. The minimum Gasteiger partial charge on any atom is -0.497 e. The lowest BCUT2D eigenvalue weighted by atomic mass is 10.0. The number of rotatable bonds is 3. The van der Waals surface area contributed by atoms with Crippen molar-refractivity contribution in [1.82, 2.24) is 0 Å². The van der Waals surface area contributed by atoms with E-state index in [9.17, 15) is 4.39 Å². The second-order valence-electron chi connectivity index (χ2n) is 4.14. The monoisotopic (exact) mass is 264 g/mol. The van der Waals surface area contributed by atoms with E-state index in [1.165, 1.54) is 6.07 Å². The van der Waals surface area contributed by atoms with Crippen LogP contribution < -0.4 is 4.74 Å². The highest BCUT2D eigenvalue weighted by molar-refractivity contribution is 6.22. The lowest BCUT2D eigenvalue weighted by Crippen LogP contribution is -1.95. The molecule has 2 aromatic carbocycles. The summed E-state index contributed by atoms with van der Waals surface area (Å²) in [6, 6.07) is 12.5. The summed E-state index contributed by atoms with van der Waals surface area (Å²) >= 11 is 6.34. The third-order valence-corrected chi connectivity index (χ3v) is 3.40. The predicted octanol–water partition coefficient (Wildman–Crippen LogP) is 4.47. The van der Waals surface area contributed by atoms with Gasteiger partial charge in [-0.1, -0.05) is 24.3 Å². The van der Waals surface area contributed by atoms with Gasteiger partial charge in [0.2, 0.25) is 0 Å². The molecule has 2 rings (SSSR count). The van der Waals surface area contributed by atoms with E-state index in [1.807, 2.05) is 30.3 Å². The van der Waals surface area contributed by atoms with Crippen molar-refractivity contribution in [3.8, 4) is 5.75 Å². The van der Waals surface area contributed by atoms with Crippen LogP contribution in [0.4, 0.5) is 4.39 Å². The van der Waals surface area contributed by atoms with Gasteiger partial charge in [0, 0.05) is 0 Å². The van der Waals surface area contributed by atoms with Crippen molar-refractivity contribution < 1.29 is 9.13 Å². The van der Waals surface area contributed by atoms with Crippen LogP contribution in [0.3, 0.4) is 0 Å². The lowest BCUT2D eigenvalue weighted by Gasteiger charge is -2.11. The third kappa shape index (κ3) is 2.65. The minimum atomic E-state index is -0.356. The second kappa shape index (κ2) is 5.40. The molecule has 0 N–H and O–H groups in total. The Morgan fingerprint density at radius 2 is 1.67 bits per heavy atom. The molecule has 0 aliphatic rings. The van der Waals surface area contributed by atoms with Gasteiger partial charge in [-0.2, -0.15) is 0 Å². The van der Waals surface area contributed by atoms with Gasteiger partial charge in [0.1, 0.15) is 11.6 Å². The first-order chi connectivity index (χ1) is 8.61. The zero-order valence-electron chi connectivity index (χ0n) is 10.3. The molecule has 0 saturated carbocycles. The molecule has 0 bridgehead atoms. The average Bonchev–Trinajstić information content (AvgIpc) is 2.41. The molecular formula is C15H14ClFO. The molecule has 0 aliphatic heterocycles. The Morgan fingerprint density at radius 1 is 1.06 bits per heavy atom. The van der Waals surface area contributed by atoms with E-state index in [2.05, 4.69) is 0 Å². The maximum atomic E-state index is 13.5. The molecule has 0 aliphatic carbocycles. The van der Waals surface area contributed by atoms with Crippen molar-refractivity contribution in [1.29, 1.82) is 0 Å². The maximum absolute atomic E-state index is 13.5. The zero-order valence-corrected chi connectivity index (χ0v) is 11.0. The molecule has 2 aromatic rings. The molecule has 94 valence electrons. The summed E-state index contributed by atoms with van der Waals surface area (Å²) in [6.07, 6.45) is 0. The van der Waals surface area contributed by atoms with Gasteiger partial charge < -0.3 is 4.74 Å². The average molecular weight is 265 g/mol. The topological polar surface area (TPSA) is 9.23 Å². The van der Waals surface area contributed by atoms with Crippen LogP contribution in [0.15, 0.2) is 42.5 Å². The number of hydrogen-bond donors (Lipinski definition) is 0. The summed E-state index contributed by atoms with van der Waals surface area (Å²) < 4.78 is 18.6. The van der Waals surface area contributed by atoms with Crippen LogP contribution in [0.1, 0.15) is 22.1 Å². The summed E-state index contributed by atoms with van der Waals surface area (Å²) in [7, 11) is 1.61. The maximum Gasteiger partial charge on any atom is 0.126 e. The van der Waals surface area contributed by atoms with Gasteiger partial charge in [-0.25, -0.2) is 4.39 Å². The highest BCUT2D eigenvalue weighted by Gasteiger charge is 2.12. The van der Waals surface area contributed by atoms with E-state index < -0.39 is 0 Å². The second-order valence-corrected chi connectivity index (χ2v) is 4.58. The molecular weight excluding hydrogens is 251 g/mol. The van der Waals surface area contributed by atoms with E-state index in [-0.39, 0.29) is 11.2 Å². The molecule has 0 spiro atoms. The summed E-state index contributed by atoms with van der Waals surface area (Å²) in [5, 5.41) is -0.356. The summed E-state index contributed by atoms with van der Waals surface area (Å²) in [5.74, 6) is 0.546. The Kier molecular flexibility index (Phi) is 3.87. The van der Waals surface area contributed by atoms with Crippen LogP contribution in [0.25, 0.3) is 0 Å². The molecule has 18 heavy (non-hydrogen) atoms. The van der Waals surface area contributed by atoms with Crippen molar-refractivity contribution >= 4 is 11.6 Å². The summed E-state index contributed by atoms with van der Waals surface area (Å²) in [4.78, 5) is 0. The fourth-order valence-corrected chi connectivity index (χ4v) is 2.01. The molecule has 0 amide bonds. The number of ether oxygens (including phenoxy) is 1. The summed E-state index contributed by atoms with van der Waals surface area (Å²) in [6.45, 7) is 1.73. The number of benzene rings is 2. The SMILES string of the molecule is COc1ccc(C(Cl)c2ccc(C)c(F)c2)cc1. The van der Waals surface area contributed by atoms with E-state index in [0.717, 1.165) is 16.9 Å². The van der Waals surface area contributed by atoms with Crippen molar-refractivity contribution in [3.63, 3.8) is 0 Å². The highest BCUT2D eigenvalue weighted by Crippen LogP contribution is 2.30. The smallest absolute Gasteiger partial charge is 0.126 e. The standard InChI is InChI=1S/C15H14ClFO/c1-10-3-4-12(9-14(10)17)15(16)11-5-7-13(18-2)8-6-11/h3-9,15H,1-2H3.